The van der Waals surface area contributed by atoms with Crippen molar-refractivity contribution < 1.29 is 24.9 Å². The van der Waals surface area contributed by atoms with E-state index in [1.807, 2.05) is 0 Å². The van der Waals surface area contributed by atoms with Gasteiger partial charge in [-0.3, -0.25) is 4.79 Å². The standard InChI is InChI=1S/C13H22N2O5/c1-3-5-15(6-8(4-2)12(14)19)13-11(18)10(17)9(7-16)20-13/h3,6,9-11,13,16-18H,1,4-5,7H2,2H3,(H2,14,19)/b8-6+/t9-,10-,11-,13-/m1/s1. The molecule has 0 saturated carbocycles. The lowest BCUT2D eigenvalue weighted by molar-refractivity contribution is -0.115. The van der Waals surface area contributed by atoms with Gasteiger partial charge in [-0.1, -0.05) is 13.0 Å². The van der Waals surface area contributed by atoms with Gasteiger partial charge in [-0.25, -0.2) is 0 Å². The first kappa shape index (κ1) is 16.6. The van der Waals surface area contributed by atoms with E-state index < -0.39 is 37.1 Å². The van der Waals surface area contributed by atoms with E-state index in [-0.39, 0.29) is 0 Å². The Bertz CT molecular complexity index is 385. The Kier molecular flexibility index (Phi) is 6.15. The molecule has 7 nitrogen and oxygen atoms in total. The molecular weight excluding hydrogens is 264 g/mol. The smallest absolute Gasteiger partial charge is 0.246 e. The van der Waals surface area contributed by atoms with Crippen molar-refractivity contribution in [2.45, 2.75) is 37.9 Å². The second kappa shape index (κ2) is 7.39. The van der Waals surface area contributed by atoms with Crippen molar-refractivity contribution in [1.82, 2.24) is 4.90 Å². The minimum Gasteiger partial charge on any atom is -0.394 e. The van der Waals surface area contributed by atoms with Crippen LogP contribution in [0.3, 0.4) is 0 Å². The molecule has 1 heterocycles. The summed E-state index contributed by atoms with van der Waals surface area (Å²) in [6, 6.07) is 0. The Hall–Kier alpha value is -1.41. The van der Waals surface area contributed by atoms with Gasteiger partial charge in [-0.15, -0.1) is 6.58 Å². The molecule has 0 aromatic rings. The third kappa shape index (κ3) is 3.57. The number of nitrogens with two attached hydrogens (primary N) is 1. The lowest BCUT2D eigenvalue weighted by Gasteiger charge is -2.28. The third-order valence-corrected chi connectivity index (χ3v) is 3.20. The maximum absolute atomic E-state index is 11.3. The van der Waals surface area contributed by atoms with Crippen LogP contribution in [0.15, 0.2) is 24.4 Å². The highest BCUT2D eigenvalue weighted by molar-refractivity contribution is 5.91. The summed E-state index contributed by atoms with van der Waals surface area (Å²) in [5, 5.41) is 28.8. The molecule has 1 amide bonds. The minimum absolute atomic E-state index is 0.295. The fraction of sp³-hybridized carbons (Fsp3) is 0.615. The first-order valence-corrected chi connectivity index (χ1v) is 6.45. The number of hydrogen-bond acceptors (Lipinski definition) is 6. The average molecular weight is 286 g/mol. The number of nitrogens with zero attached hydrogens (tertiary/aromatic N) is 1. The van der Waals surface area contributed by atoms with Gasteiger partial charge in [0.05, 0.1) is 6.61 Å². The fourth-order valence-corrected chi connectivity index (χ4v) is 2.06. The Morgan fingerprint density at radius 3 is 2.50 bits per heavy atom. The van der Waals surface area contributed by atoms with Crippen LogP contribution in [0.2, 0.25) is 0 Å². The number of carbonyl (C=O) groups excluding carboxylic acids is 1. The van der Waals surface area contributed by atoms with Crippen LogP contribution in [-0.4, -0.2) is 63.8 Å². The van der Waals surface area contributed by atoms with Crippen LogP contribution in [0.5, 0.6) is 0 Å². The largest absolute Gasteiger partial charge is 0.394 e. The molecule has 1 rings (SSSR count). The molecule has 1 fully saturated rings. The highest BCUT2D eigenvalue weighted by Crippen LogP contribution is 2.25. The Labute approximate surface area is 117 Å². The van der Waals surface area contributed by atoms with E-state index in [0.717, 1.165) is 0 Å². The molecule has 0 spiro atoms. The van der Waals surface area contributed by atoms with Gasteiger partial charge >= 0.3 is 0 Å². The summed E-state index contributed by atoms with van der Waals surface area (Å²) < 4.78 is 5.41. The molecule has 7 heteroatoms. The molecule has 114 valence electrons. The van der Waals surface area contributed by atoms with Crippen LogP contribution in [0.25, 0.3) is 0 Å². The number of aliphatic hydroxyl groups excluding tert-OH is 3. The van der Waals surface area contributed by atoms with Crippen LogP contribution in [0.1, 0.15) is 13.3 Å². The summed E-state index contributed by atoms with van der Waals surface area (Å²) in [4.78, 5) is 12.8. The van der Waals surface area contributed by atoms with E-state index in [1.165, 1.54) is 11.1 Å². The maximum atomic E-state index is 11.3. The zero-order valence-electron chi connectivity index (χ0n) is 11.5. The molecule has 4 atom stereocenters. The number of hydrogen-bond donors (Lipinski definition) is 4. The van der Waals surface area contributed by atoms with Crippen molar-refractivity contribution in [3.8, 4) is 0 Å². The van der Waals surface area contributed by atoms with Gasteiger partial charge < -0.3 is 30.7 Å². The van der Waals surface area contributed by atoms with E-state index in [0.29, 0.717) is 18.5 Å². The van der Waals surface area contributed by atoms with Gasteiger partial charge in [0, 0.05) is 18.3 Å². The summed E-state index contributed by atoms with van der Waals surface area (Å²) in [7, 11) is 0. The molecule has 1 aliphatic heterocycles. The predicted octanol–water partition coefficient (Wildman–Crippen LogP) is -1.31. The van der Waals surface area contributed by atoms with Crippen LogP contribution in [0.4, 0.5) is 0 Å². The lowest BCUT2D eigenvalue weighted by Crippen LogP contribution is -2.42. The van der Waals surface area contributed by atoms with Gasteiger partial charge in [-0.2, -0.15) is 0 Å². The SMILES string of the molecule is C=CCN(/C=C(\CC)C(N)=O)[C@@H]1O[C@H](CO)[C@@H](O)[C@H]1O. The molecule has 0 aliphatic carbocycles. The molecule has 1 aliphatic rings. The second-order valence-corrected chi connectivity index (χ2v) is 4.59. The number of ether oxygens (including phenoxy) is 1. The predicted molar refractivity (Wildman–Crippen MR) is 72.2 cm³/mol. The van der Waals surface area contributed by atoms with E-state index in [1.54, 1.807) is 13.0 Å². The molecule has 5 N–H and O–H groups in total. The van der Waals surface area contributed by atoms with Crippen molar-refractivity contribution in [1.29, 1.82) is 0 Å². The van der Waals surface area contributed by atoms with Crippen LogP contribution < -0.4 is 5.73 Å². The molecule has 0 aromatic heterocycles. The maximum Gasteiger partial charge on any atom is 0.246 e. The lowest BCUT2D eigenvalue weighted by atomic mass is 10.1. The molecule has 1 saturated heterocycles. The zero-order chi connectivity index (χ0) is 15.3. The van der Waals surface area contributed by atoms with Crippen molar-refractivity contribution in [2.75, 3.05) is 13.2 Å². The van der Waals surface area contributed by atoms with Crippen molar-refractivity contribution in [3.05, 3.63) is 24.4 Å². The zero-order valence-corrected chi connectivity index (χ0v) is 11.5. The average Bonchev–Trinajstić information content (AvgIpc) is 2.70. The molecular formula is C13H22N2O5. The summed E-state index contributed by atoms with van der Waals surface area (Å²) >= 11 is 0. The molecule has 0 aromatic carbocycles. The minimum atomic E-state index is -1.20. The number of aliphatic hydroxyl groups is 3. The molecule has 0 radical (unpaired) electrons. The first-order chi connectivity index (χ1) is 9.46. The summed E-state index contributed by atoms with van der Waals surface area (Å²) in [5.41, 5.74) is 5.62. The number of amides is 1. The van der Waals surface area contributed by atoms with Crippen LogP contribution in [0, 0.1) is 0 Å². The fourth-order valence-electron chi connectivity index (χ4n) is 2.06. The molecule has 0 unspecified atom stereocenters. The third-order valence-electron chi connectivity index (χ3n) is 3.20. The number of rotatable bonds is 7. The monoisotopic (exact) mass is 286 g/mol. The Morgan fingerprint density at radius 1 is 1.45 bits per heavy atom. The molecule has 20 heavy (non-hydrogen) atoms. The Morgan fingerprint density at radius 2 is 2.10 bits per heavy atom. The first-order valence-electron chi connectivity index (χ1n) is 6.45. The quantitative estimate of drug-likeness (QED) is 0.341. The number of carbonyl (C=O) groups is 1. The topological polar surface area (TPSA) is 116 Å². The van der Waals surface area contributed by atoms with Gasteiger partial charge in [0.1, 0.15) is 18.3 Å². The van der Waals surface area contributed by atoms with E-state index in [2.05, 4.69) is 6.58 Å². The van der Waals surface area contributed by atoms with Crippen molar-refractivity contribution in [2.24, 2.45) is 5.73 Å². The van der Waals surface area contributed by atoms with Gasteiger partial charge in [0.2, 0.25) is 5.91 Å². The summed E-state index contributed by atoms with van der Waals surface area (Å²) in [6.45, 7) is 5.26. The van der Waals surface area contributed by atoms with E-state index >= 15 is 0 Å². The van der Waals surface area contributed by atoms with E-state index in [9.17, 15) is 15.0 Å². The van der Waals surface area contributed by atoms with Gasteiger partial charge in [0.15, 0.2) is 6.23 Å². The summed E-state index contributed by atoms with van der Waals surface area (Å²) in [6.07, 6.45) is -0.643. The van der Waals surface area contributed by atoms with Gasteiger partial charge in [-0.05, 0) is 6.42 Å². The summed E-state index contributed by atoms with van der Waals surface area (Å²) in [5.74, 6) is -0.562. The normalized spacial score (nSPS) is 30.3. The highest BCUT2D eigenvalue weighted by atomic mass is 16.6. The van der Waals surface area contributed by atoms with Crippen molar-refractivity contribution in [3.63, 3.8) is 0 Å². The Balaban J connectivity index is 2.97. The van der Waals surface area contributed by atoms with E-state index in [4.69, 9.17) is 15.6 Å². The van der Waals surface area contributed by atoms with Crippen LogP contribution in [-0.2, 0) is 9.53 Å². The highest BCUT2D eigenvalue weighted by Gasteiger charge is 2.44. The van der Waals surface area contributed by atoms with Crippen molar-refractivity contribution >= 4 is 5.91 Å². The molecule has 0 bridgehead atoms. The second-order valence-electron chi connectivity index (χ2n) is 4.59. The number of primary amides is 1. The van der Waals surface area contributed by atoms with Gasteiger partial charge in [0.25, 0.3) is 0 Å². The van der Waals surface area contributed by atoms with Crippen LogP contribution >= 0.6 is 0 Å².